The van der Waals surface area contributed by atoms with Gasteiger partial charge in [0.05, 0.1) is 4.90 Å². The summed E-state index contributed by atoms with van der Waals surface area (Å²) in [5.41, 5.74) is -1.66. The SMILES string of the molecule is C/C=C/C[C@@H](C)[C@H]1ON2C(=O)[C@H](C(C)C)N(C)C(=O)[C@H](CC(C)C)N(C)C(=O)[C@H](CC(C)C)N(C)C(=O)[C@@H](C)NC(=O)[C@H](C)NC(=O)[C@H](CC(C)C)N(C)C(=O)[C@H](C(C)C)NC(=O)[C@H](C(C)(C)COC(=O)NS(=O)(=O)c3ccccc3)N(C)C(=O)[C@@H](C)N(C)C(=O)[C@H](CC)NC(=O)[C@H]12. The highest BCUT2D eigenvalue weighted by Crippen LogP contribution is 2.34. The van der Waals surface area contributed by atoms with Crippen molar-refractivity contribution in [3.05, 3.63) is 42.5 Å². The van der Waals surface area contributed by atoms with Crippen LogP contribution in [-0.2, 0) is 72.3 Å². The zero-order valence-corrected chi connectivity index (χ0v) is 63.1. The number of ether oxygens (including phenoxy) is 1. The zero-order chi connectivity index (χ0) is 75.1. The van der Waals surface area contributed by atoms with E-state index in [1.807, 2.05) is 72.3 Å². The van der Waals surface area contributed by atoms with Gasteiger partial charge in [-0.15, -0.1) is 0 Å². The molecule has 1 aromatic rings. The fourth-order valence-electron chi connectivity index (χ4n) is 12.2. The van der Waals surface area contributed by atoms with Gasteiger partial charge in [0.15, 0.2) is 6.04 Å². The number of sulfonamides is 1. The first-order chi connectivity index (χ1) is 45.3. The second kappa shape index (κ2) is 36.4. The summed E-state index contributed by atoms with van der Waals surface area (Å²) in [5, 5.41) is 11.8. The summed E-state index contributed by atoms with van der Waals surface area (Å²) < 4.78 is 33.7. The highest BCUT2D eigenvalue weighted by atomic mass is 32.2. The minimum absolute atomic E-state index is 0.0352. The molecule has 0 aromatic heterocycles. The van der Waals surface area contributed by atoms with Gasteiger partial charge < -0.3 is 55.4 Å². The molecule has 0 saturated carbocycles. The lowest BCUT2D eigenvalue weighted by Crippen LogP contribution is -2.72. The molecule has 2 aliphatic heterocycles. The molecule has 2 aliphatic rings. The van der Waals surface area contributed by atoms with Crippen molar-refractivity contribution in [3.8, 4) is 0 Å². The molecule has 552 valence electrons. The van der Waals surface area contributed by atoms with E-state index in [0.717, 1.165) is 19.8 Å². The molecule has 2 fully saturated rings. The van der Waals surface area contributed by atoms with Gasteiger partial charge in [0.25, 0.3) is 15.9 Å². The molecule has 1 aromatic carbocycles. The van der Waals surface area contributed by atoms with Crippen molar-refractivity contribution in [2.45, 2.75) is 234 Å². The van der Waals surface area contributed by atoms with Gasteiger partial charge in [0.1, 0.15) is 73.1 Å². The number of carbonyl (C=O) groups excluding carboxylic acids is 12. The molecule has 5 N–H and O–H groups in total. The Morgan fingerprint density at radius 1 is 0.582 bits per heavy atom. The summed E-state index contributed by atoms with van der Waals surface area (Å²) in [7, 11) is 3.76. The summed E-state index contributed by atoms with van der Waals surface area (Å²) >= 11 is 0. The first-order valence-corrected chi connectivity index (χ1v) is 35.5. The second-order valence-electron chi connectivity index (χ2n) is 29.0. The number of nitrogens with zero attached hydrogens (tertiary/aromatic N) is 7. The van der Waals surface area contributed by atoms with Crippen molar-refractivity contribution >= 4 is 81.1 Å². The molecule has 28 nitrogen and oxygen atoms in total. The summed E-state index contributed by atoms with van der Waals surface area (Å²) in [5.74, 6) is -10.7. The predicted molar refractivity (Wildman–Crippen MR) is 368 cm³/mol. The highest BCUT2D eigenvalue weighted by molar-refractivity contribution is 7.90. The molecule has 98 heavy (non-hydrogen) atoms. The second-order valence-corrected chi connectivity index (χ2v) is 30.7. The van der Waals surface area contributed by atoms with E-state index < -0.39 is 178 Å². The van der Waals surface area contributed by atoms with E-state index in [9.17, 15) is 42.0 Å². The molecule has 0 spiro atoms. The fraction of sp³-hybridized carbons (Fsp3) is 0.710. The van der Waals surface area contributed by atoms with Gasteiger partial charge in [-0.2, -0.15) is 0 Å². The molecule has 29 heteroatoms. The van der Waals surface area contributed by atoms with Crippen LogP contribution >= 0.6 is 0 Å². The molecular weight excluding hydrogens is 1280 g/mol. The number of rotatable bonds is 17. The van der Waals surface area contributed by atoms with Crippen LogP contribution in [0, 0.1) is 40.9 Å². The number of amides is 12. The summed E-state index contributed by atoms with van der Waals surface area (Å²) in [6.07, 6.45) is 2.03. The lowest BCUT2D eigenvalue weighted by atomic mass is 9.83. The van der Waals surface area contributed by atoms with E-state index in [-0.39, 0.29) is 54.3 Å². The Balaban J connectivity index is 2.35. The van der Waals surface area contributed by atoms with E-state index in [4.69, 9.17) is 9.57 Å². The minimum Gasteiger partial charge on any atom is -0.448 e. The zero-order valence-electron chi connectivity index (χ0n) is 62.2. The van der Waals surface area contributed by atoms with Gasteiger partial charge in [-0.25, -0.2) is 23.0 Å². The van der Waals surface area contributed by atoms with E-state index in [1.165, 1.54) is 116 Å². The number of hydrogen-bond acceptors (Lipinski definition) is 16. The van der Waals surface area contributed by atoms with Crippen LogP contribution in [0.4, 0.5) is 4.79 Å². The third-order valence-corrected chi connectivity index (χ3v) is 19.6. The van der Waals surface area contributed by atoms with E-state index in [1.54, 1.807) is 40.7 Å². The number of hydroxylamine groups is 2. The molecule has 0 aliphatic carbocycles. The number of carbonyl (C=O) groups is 12. The Hall–Kier alpha value is -7.69. The normalized spacial score (nSPS) is 26.7. The molecular formula is C69H114N12O16S. The van der Waals surface area contributed by atoms with Gasteiger partial charge in [-0.3, -0.25) is 57.6 Å². The Kier molecular flexibility index (Phi) is 31.4. The lowest BCUT2D eigenvalue weighted by Gasteiger charge is -2.50. The van der Waals surface area contributed by atoms with Crippen LogP contribution in [0.1, 0.15) is 157 Å². The van der Waals surface area contributed by atoms with E-state index in [0.29, 0.717) is 6.42 Å². The average molecular weight is 1400 g/mol. The number of fused-ring (bicyclic) bond motifs is 1. The highest BCUT2D eigenvalue weighted by Gasteiger charge is 2.55. The van der Waals surface area contributed by atoms with Crippen LogP contribution < -0.4 is 26.0 Å². The third kappa shape index (κ3) is 21.4. The number of hydrogen-bond donors (Lipinski definition) is 5. The largest absolute Gasteiger partial charge is 0.448 e. The van der Waals surface area contributed by atoms with Crippen molar-refractivity contribution in [2.75, 3.05) is 48.9 Å². The molecule has 2 saturated heterocycles. The quantitative estimate of drug-likeness (QED) is 0.137. The molecule has 0 bridgehead atoms. The van der Waals surface area contributed by atoms with Crippen molar-refractivity contribution in [1.82, 2.24) is 60.5 Å². The molecule has 13 atom stereocenters. The Bertz CT molecular complexity index is 3140. The van der Waals surface area contributed by atoms with Gasteiger partial charge in [-0.05, 0) is 107 Å². The summed E-state index contributed by atoms with van der Waals surface area (Å²) in [6, 6.07) is -7.78. The predicted octanol–water partition coefficient (Wildman–Crippen LogP) is 4.08. The molecule has 2 heterocycles. The number of benzene rings is 1. The number of nitrogens with one attached hydrogen (secondary N) is 5. The smallest absolute Gasteiger partial charge is 0.421 e. The monoisotopic (exact) mass is 1400 g/mol. The van der Waals surface area contributed by atoms with Crippen molar-refractivity contribution in [1.29, 1.82) is 0 Å². The van der Waals surface area contributed by atoms with Gasteiger partial charge in [0.2, 0.25) is 59.1 Å². The van der Waals surface area contributed by atoms with Crippen molar-refractivity contribution in [3.63, 3.8) is 0 Å². The Morgan fingerprint density at radius 2 is 1.08 bits per heavy atom. The topological polar surface area (TPSA) is 340 Å². The maximum atomic E-state index is 15.3. The Morgan fingerprint density at radius 3 is 1.58 bits per heavy atom. The maximum Gasteiger partial charge on any atom is 0.421 e. The fourth-order valence-corrected chi connectivity index (χ4v) is 13.2. The van der Waals surface area contributed by atoms with Crippen LogP contribution in [-0.4, -0.2) is 235 Å². The summed E-state index contributed by atoms with van der Waals surface area (Å²) in [6.45, 7) is 29.4. The minimum atomic E-state index is -4.46. The lowest BCUT2D eigenvalue weighted by molar-refractivity contribution is -0.321. The molecule has 3 rings (SSSR count). The van der Waals surface area contributed by atoms with E-state index in [2.05, 4.69) is 21.3 Å². The van der Waals surface area contributed by atoms with Crippen LogP contribution in [0.2, 0.25) is 0 Å². The van der Waals surface area contributed by atoms with Gasteiger partial charge in [-0.1, -0.05) is 127 Å². The first-order valence-electron chi connectivity index (χ1n) is 34.0. The van der Waals surface area contributed by atoms with E-state index >= 15 is 24.0 Å². The van der Waals surface area contributed by atoms with Crippen LogP contribution in [0.15, 0.2) is 47.4 Å². The van der Waals surface area contributed by atoms with Crippen molar-refractivity contribution < 1.29 is 75.5 Å². The Labute approximate surface area is 581 Å². The summed E-state index contributed by atoms with van der Waals surface area (Å²) in [4.78, 5) is 190. The molecule has 0 radical (unpaired) electrons. The maximum absolute atomic E-state index is 15.3. The van der Waals surface area contributed by atoms with Gasteiger partial charge in [0, 0.05) is 47.7 Å². The standard InChI is InChI=1S/C69H114N12O16S/c1-25-27-31-43(13)55-54-59(84)72-48(26-2)63(88)75(19)46(16)62(87)80(24)56(69(17,18)37-96-68(93)74-98(94,95)47-32-29-28-30-33-47)60(85)73-52(41(9)10)66(91)76(20)49(34-38(3)4)58(83)70-44(14)57(82)71-45(15)61(86)77(21)50(35-39(5)6)64(89)78(22)51(36-40(7)8)65(90)79(23)53(42(11)12)67(92)81(54)97-55/h25,27-30,32-33,38-46,48-56H,26,31,34-37H2,1-24H3,(H,70,83)(H,71,82)(H,72,84)(H,73,85)(H,74,93)/b27-25+/t43-,44+,45-,46-,48+,49+,50+,51+,52+,53+,54+,55-,56-/m1/s1. The number of likely N-dealkylation sites (N-methyl/N-ethyl adjacent to an activating group) is 6. The number of allylic oxidation sites excluding steroid dienone is 2. The van der Waals surface area contributed by atoms with Crippen LogP contribution in [0.25, 0.3) is 0 Å². The first kappa shape index (κ1) is 84.5. The van der Waals surface area contributed by atoms with Gasteiger partial charge >= 0.3 is 6.09 Å². The van der Waals surface area contributed by atoms with Crippen LogP contribution in [0.5, 0.6) is 0 Å². The van der Waals surface area contributed by atoms with Crippen LogP contribution in [0.3, 0.4) is 0 Å². The third-order valence-electron chi connectivity index (χ3n) is 18.2. The van der Waals surface area contributed by atoms with Crippen molar-refractivity contribution in [2.24, 2.45) is 40.9 Å². The molecule has 12 amide bonds. The average Bonchev–Trinajstić information content (AvgIpc) is 0.753. The molecule has 0 unspecified atom stereocenters.